The molecule has 0 fully saturated rings. The molecule has 13 heteroatoms. The number of nitrogens with zero attached hydrogens (tertiary/aromatic N) is 4. The third-order valence-corrected chi connectivity index (χ3v) is 6.78. The Labute approximate surface area is 215 Å². The van der Waals surface area contributed by atoms with Crippen LogP contribution in [-0.2, 0) is 14.8 Å². The molecule has 0 saturated carbocycles. The predicted octanol–water partition coefficient (Wildman–Crippen LogP) is 4.04. The summed E-state index contributed by atoms with van der Waals surface area (Å²) in [5.74, 6) is -0.540. The number of hydrogen-bond donors (Lipinski definition) is 3. The Kier molecular flexibility index (Phi) is 9.03. The summed E-state index contributed by atoms with van der Waals surface area (Å²) in [6, 6.07) is 5.89. The van der Waals surface area contributed by atoms with Crippen molar-refractivity contribution in [3.8, 4) is 22.5 Å². The van der Waals surface area contributed by atoms with E-state index < -0.39 is 21.9 Å². The summed E-state index contributed by atoms with van der Waals surface area (Å²) in [5.41, 5.74) is 1.34. The number of amides is 1. The van der Waals surface area contributed by atoms with Crippen molar-refractivity contribution in [2.45, 2.75) is 46.2 Å². The maximum absolute atomic E-state index is 15.6. The third-order valence-electron chi connectivity index (χ3n) is 5.30. The SMILES string of the molecule is CCCS(=O)(=O)Nc1cccc(-c2nn(C(C)C)cc2-c2ccnc(NCC(C)NC(=O)OC)n2)c1F. The molecule has 0 aliphatic carbocycles. The highest BCUT2D eigenvalue weighted by molar-refractivity contribution is 7.92. The predicted molar refractivity (Wildman–Crippen MR) is 140 cm³/mol. The number of rotatable bonds is 11. The van der Waals surface area contributed by atoms with E-state index in [1.54, 1.807) is 49.1 Å². The molecule has 3 aromatic rings. The molecular formula is C24H32FN7O4S. The Morgan fingerprint density at radius 1 is 1.19 bits per heavy atom. The number of halogens is 1. The molecular weight excluding hydrogens is 501 g/mol. The number of methoxy groups -OCH3 is 1. The normalized spacial score (nSPS) is 12.3. The van der Waals surface area contributed by atoms with Gasteiger partial charge in [-0.3, -0.25) is 9.40 Å². The average molecular weight is 534 g/mol. The van der Waals surface area contributed by atoms with Crippen molar-refractivity contribution < 1.29 is 22.3 Å². The molecule has 200 valence electrons. The minimum absolute atomic E-state index is 0.0218. The van der Waals surface area contributed by atoms with E-state index in [4.69, 9.17) is 0 Å². The molecule has 0 saturated heterocycles. The molecule has 0 aliphatic heterocycles. The first-order valence-corrected chi connectivity index (χ1v) is 13.5. The van der Waals surface area contributed by atoms with E-state index in [1.165, 1.54) is 13.2 Å². The smallest absolute Gasteiger partial charge is 0.407 e. The van der Waals surface area contributed by atoms with Gasteiger partial charge in [0.1, 0.15) is 5.69 Å². The van der Waals surface area contributed by atoms with Crippen LogP contribution in [0.5, 0.6) is 0 Å². The number of aromatic nitrogens is 4. The van der Waals surface area contributed by atoms with Gasteiger partial charge in [0.15, 0.2) is 5.82 Å². The highest BCUT2D eigenvalue weighted by atomic mass is 32.2. The molecule has 3 N–H and O–H groups in total. The summed E-state index contributed by atoms with van der Waals surface area (Å²) < 4.78 is 48.7. The van der Waals surface area contributed by atoms with Gasteiger partial charge in [0.05, 0.1) is 24.2 Å². The highest BCUT2D eigenvalue weighted by Crippen LogP contribution is 2.35. The number of hydrogen-bond acceptors (Lipinski definition) is 8. The Morgan fingerprint density at radius 3 is 2.62 bits per heavy atom. The second-order valence-electron chi connectivity index (χ2n) is 8.74. The first-order chi connectivity index (χ1) is 17.5. The van der Waals surface area contributed by atoms with Gasteiger partial charge < -0.3 is 15.4 Å². The molecule has 0 radical (unpaired) electrons. The molecule has 0 aliphatic rings. The molecule has 37 heavy (non-hydrogen) atoms. The van der Waals surface area contributed by atoms with Crippen LogP contribution in [0.3, 0.4) is 0 Å². The Bertz CT molecular complexity index is 1340. The Hall–Kier alpha value is -3.74. The minimum Gasteiger partial charge on any atom is -0.453 e. The monoisotopic (exact) mass is 533 g/mol. The van der Waals surface area contributed by atoms with Gasteiger partial charge in [-0.25, -0.2) is 27.6 Å². The molecule has 1 atom stereocenters. The van der Waals surface area contributed by atoms with Gasteiger partial charge in [0, 0.05) is 42.1 Å². The number of ether oxygens (including phenoxy) is 1. The Morgan fingerprint density at radius 2 is 1.95 bits per heavy atom. The van der Waals surface area contributed by atoms with E-state index in [9.17, 15) is 13.2 Å². The lowest BCUT2D eigenvalue weighted by Gasteiger charge is -2.14. The number of benzene rings is 1. The standard InChI is InChI=1S/C24H32FN7O4S/c1-6-12-37(34,35)31-20-9-7-8-17(21(20)25)22-18(14-32(30-22)15(2)3)19-10-11-26-23(29-19)27-13-16(4)28-24(33)36-5/h7-11,14-16,31H,6,12-13H2,1-5H3,(H,28,33)(H,26,27,29). The van der Waals surface area contributed by atoms with Crippen LogP contribution in [0.25, 0.3) is 22.5 Å². The number of sulfonamides is 1. The first kappa shape index (κ1) is 27.8. The maximum Gasteiger partial charge on any atom is 0.407 e. The van der Waals surface area contributed by atoms with Crippen LogP contribution in [0, 0.1) is 5.82 Å². The zero-order chi connectivity index (χ0) is 27.2. The van der Waals surface area contributed by atoms with E-state index in [0.717, 1.165) is 0 Å². The zero-order valence-corrected chi connectivity index (χ0v) is 22.3. The fraction of sp³-hybridized carbons (Fsp3) is 0.417. The third kappa shape index (κ3) is 7.15. The fourth-order valence-corrected chi connectivity index (χ4v) is 4.61. The molecule has 0 spiro atoms. The first-order valence-electron chi connectivity index (χ1n) is 11.8. The van der Waals surface area contributed by atoms with Crippen LogP contribution in [0.4, 0.5) is 20.8 Å². The molecule has 0 bridgehead atoms. The number of alkyl carbamates (subject to hydrolysis) is 1. The number of carbonyl (C=O) groups excluding carboxylic acids is 1. The van der Waals surface area contributed by atoms with Gasteiger partial charge >= 0.3 is 6.09 Å². The molecule has 2 aromatic heterocycles. The second kappa shape index (κ2) is 12.0. The average Bonchev–Trinajstić information content (AvgIpc) is 3.30. The summed E-state index contributed by atoms with van der Waals surface area (Å²) in [4.78, 5) is 20.2. The van der Waals surface area contributed by atoms with Crippen LogP contribution >= 0.6 is 0 Å². The molecule has 1 unspecified atom stereocenters. The van der Waals surface area contributed by atoms with Crippen molar-refractivity contribution in [1.29, 1.82) is 0 Å². The second-order valence-corrected chi connectivity index (χ2v) is 10.6. The van der Waals surface area contributed by atoms with E-state index in [2.05, 4.69) is 35.2 Å². The van der Waals surface area contributed by atoms with Gasteiger partial charge in [-0.1, -0.05) is 13.0 Å². The number of nitrogens with one attached hydrogen (secondary N) is 3. The van der Waals surface area contributed by atoms with Gasteiger partial charge in [0.2, 0.25) is 16.0 Å². The van der Waals surface area contributed by atoms with Crippen molar-refractivity contribution in [1.82, 2.24) is 25.1 Å². The molecule has 1 aromatic carbocycles. The molecule has 11 nitrogen and oxygen atoms in total. The molecule has 1 amide bonds. The molecule has 3 rings (SSSR count). The number of carbonyl (C=O) groups is 1. The van der Waals surface area contributed by atoms with Gasteiger partial charge in [0.25, 0.3) is 0 Å². The van der Waals surface area contributed by atoms with E-state index in [1.807, 2.05) is 13.8 Å². The van der Waals surface area contributed by atoms with Crippen LogP contribution in [0.2, 0.25) is 0 Å². The van der Waals surface area contributed by atoms with E-state index in [-0.39, 0.29) is 29.1 Å². The van der Waals surface area contributed by atoms with Crippen molar-refractivity contribution in [2.24, 2.45) is 0 Å². The van der Waals surface area contributed by atoms with Gasteiger partial charge in [-0.2, -0.15) is 5.10 Å². The van der Waals surface area contributed by atoms with Crippen molar-refractivity contribution in [3.05, 3.63) is 42.5 Å². The lowest BCUT2D eigenvalue weighted by molar-refractivity contribution is 0.168. The van der Waals surface area contributed by atoms with Crippen molar-refractivity contribution in [3.63, 3.8) is 0 Å². The number of anilines is 2. The zero-order valence-electron chi connectivity index (χ0n) is 21.4. The summed E-state index contributed by atoms with van der Waals surface area (Å²) in [5, 5.41) is 10.3. The van der Waals surface area contributed by atoms with Gasteiger partial charge in [-0.15, -0.1) is 0 Å². The van der Waals surface area contributed by atoms with E-state index in [0.29, 0.717) is 35.9 Å². The van der Waals surface area contributed by atoms with E-state index >= 15 is 4.39 Å². The largest absolute Gasteiger partial charge is 0.453 e. The highest BCUT2D eigenvalue weighted by Gasteiger charge is 2.22. The summed E-state index contributed by atoms with van der Waals surface area (Å²) in [6.07, 6.45) is 3.18. The fourth-order valence-electron chi connectivity index (χ4n) is 3.47. The molecule has 2 heterocycles. The van der Waals surface area contributed by atoms with Crippen LogP contribution < -0.4 is 15.4 Å². The minimum atomic E-state index is -3.68. The topological polar surface area (TPSA) is 140 Å². The van der Waals surface area contributed by atoms with Crippen LogP contribution in [-0.4, -0.2) is 59.7 Å². The quantitative estimate of drug-likeness (QED) is 0.336. The lowest BCUT2D eigenvalue weighted by atomic mass is 10.0. The summed E-state index contributed by atoms with van der Waals surface area (Å²) in [6.45, 7) is 7.75. The Balaban J connectivity index is 1.98. The lowest BCUT2D eigenvalue weighted by Crippen LogP contribution is -2.37. The van der Waals surface area contributed by atoms with Crippen LogP contribution in [0.1, 0.15) is 40.2 Å². The van der Waals surface area contributed by atoms with Crippen molar-refractivity contribution in [2.75, 3.05) is 29.4 Å². The van der Waals surface area contributed by atoms with Crippen LogP contribution in [0.15, 0.2) is 36.7 Å². The maximum atomic E-state index is 15.6. The summed E-state index contributed by atoms with van der Waals surface area (Å²) >= 11 is 0. The summed E-state index contributed by atoms with van der Waals surface area (Å²) in [7, 11) is -2.40. The van der Waals surface area contributed by atoms with Crippen molar-refractivity contribution >= 4 is 27.8 Å². The van der Waals surface area contributed by atoms with Gasteiger partial charge in [-0.05, 0) is 45.4 Å².